The van der Waals surface area contributed by atoms with E-state index in [1.807, 2.05) is 19.9 Å². The van der Waals surface area contributed by atoms with E-state index in [9.17, 15) is 19.2 Å². The zero-order chi connectivity index (χ0) is 27.5. The molecule has 9 heteroatoms. The van der Waals surface area contributed by atoms with Crippen molar-refractivity contribution < 1.29 is 28.7 Å². The van der Waals surface area contributed by atoms with Crippen molar-refractivity contribution in [2.45, 2.75) is 58.7 Å². The van der Waals surface area contributed by atoms with E-state index >= 15 is 0 Å². The second-order valence-electron chi connectivity index (χ2n) is 9.36. The molecule has 0 aliphatic heterocycles. The van der Waals surface area contributed by atoms with Gasteiger partial charge in [0.1, 0.15) is 24.2 Å². The SMILES string of the molecule is C=CCN(C(=O)C(NC(=O)OC(C)(C)C)C(C)CC)C(C(=O)NCC(=O)OC)c1cccc(C=C)c1. The predicted molar refractivity (Wildman–Crippen MR) is 139 cm³/mol. The Morgan fingerprint density at radius 1 is 1.17 bits per heavy atom. The monoisotopic (exact) mass is 501 g/mol. The van der Waals surface area contributed by atoms with Crippen molar-refractivity contribution in [1.29, 1.82) is 0 Å². The number of carbonyl (C=O) groups excluding carboxylic acids is 4. The number of carbonyl (C=O) groups is 4. The van der Waals surface area contributed by atoms with Crippen LogP contribution in [-0.4, -0.2) is 60.6 Å². The number of alkyl carbamates (subject to hydrolysis) is 1. The van der Waals surface area contributed by atoms with Crippen LogP contribution in [0.3, 0.4) is 0 Å². The van der Waals surface area contributed by atoms with E-state index in [-0.39, 0.29) is 19.0 Å². The van der Waals surface area contributed by atoms with Gasteiger partial charge >= 0.3 is 12.1 Å². The first kappa shape index (κ1) is 30.4. The lowest BCUT2D eigenvalue weighted by Gasteiger charge is -2.35. The molecule has 3 atom stereocenters. The third-order valence-electron chi connectivity index (χ3n) is 5.42. The van der Waals surface area contributed by atoms with E-state index in [1.165, 1.54) is 18.1 Å². The van der Waals surface area contributed by atoms with Gasteiger partial charge in [-0.2, -0.15) is 0 Å². The molecule has 36 heavy (non-hydrogen) atoms. The summed E-state index contributed by atoms with van der Waals surface area (Å²) in [7, 11) is 1.21. The molecule has 0 spiro atoms. The second-order valence-corrected chi connectivity index (χ2v) is 9.36. The first-order chi connectivity index (χ1) is 16.9. The standard InChI is InChI=1S/C27H39N3O6/c1-9-15-30(25(33)22(18(4)10-2)29-26(34)36-27(5,6)7)23(24(32)28-17-21(31)35-8)20-14-12-13-19(11-3)16-20/h9,11-14,16,18,22-23H,1,3,10,15,17H2,2,4-8H3,(H,28,32)(H,29,34). The average molecular weight is 502 g/mol. The minimum absolute atomic E-state index is 0.0103. The van der Waals surface area contributed by atoms with E-state index in [1.54, 1.807) is 45.0 Å². The Morgan fingerprint density at radius 2 is 1.83 bits per heavy atom. The molecule has 3 amide bonds. The molecular weight excluding hydrogens is 462 g/mol. The Kier molecular flexibility index (Phi) is 11.9. The van der Waals surface area contributed by atoms with Crippen LogP contribution < -0.4 is 10.6 Å². The lowest BCUT2D eigenvalue weighted by molar-refractivity contribution is -0.144. The molecule has 198 valence electrons. The largest absolute Gasteiger partial charge is 0.468 e. The van der Waals surface area contributed by atoms with Crippen LogP contribution in [0.5, 0.6) is 0 Å². The van der Waals surface area contributed by atoms with Gasteiger partial charge in [0.05, 0.1) is 7.11 Å². The maximum absolute atomic E-state index is 13.9. The summed E-state index contributed by atoms with van der Waals surface area (Å²) in [6.07, 6.45) is 2.97. The highest BCUT2D eigenvalue weighted by molar-refractivity contribution is 5.93. The van der Waals surface area contributed by atoms with E-state index in [0.717, 1.165) is 5.56 Å². The molecule has 0 heterocycles. The average Bonchev–Trinajstić information content (AvgIpc) is 2.83. The van der Waals surface area contributed by atoms with Crippen LogP contribution in [0.4, 0.5) is 4.79 Å². The summed E-state index contributed by atoms with van der Waals surface area (Å²) in [5.41, 5.74) is 0.495. The number of nitrogens with zero attached hydrogens (tertiary/aromatic N) is 1. The van der Waals surface area contributed by atoms with Crippen molar-refractivity contribution in [3.63, 3.8) is 0 Å². The van der Waals surface area contributed by atoms with Gasteiger partial charge in [-0.3, -0.25) is 14.4 Å². The number of nitrogens with one attached hydrogen (secondary N) is 2. The summed E-state index contributed by atoms with van der Waals surface area (Å²) >= 11 is 0. The summed E-state index contributed by atoms with van der Waals surface area (Å²) in [6.45, 7) is 16.1. The maximum atomic E-state index is 13.9. The highest BCUT2D eigenvalue weighted by atomic mass is 16.6. The maximum Gasteiger partial charge on any atom is 0.408 e. The minimum atomic E-state index is -1.12. The van der Waals surface area contributed by atoms with Crippen molar-refractivity contribution in [3.05, 3.63) is 54.6 Å². The molecule has 0 radical (unpaired) electrons. The quantitative estimate of drug-likeness (QED) is 0.334. The Balaban J connectivity index is 3.50. The molecule has 9 nitrogen and oxygen atoms in total. The fourth-order valence-corrected chi connectivity index (χ4v) is 3.42. The van der Waals surface area contributed by atoms with Gasteiger partial charge in [-0.1, -0.05) is 57.2 Å². The Bertz CT molecular complexity index is 953. The van der Waals surface area contributed by atoms with Gasteiger partial charge < -0.3 is 25.0 Å². The van der Waals surface area contributed by atoms with Gasteiger partial charge in [-0.25, -0.2) is 4.79 Å². The number of rotatable bonds is 12. The van der Waals surface area contributed by atoms with Crippen LogP contribution in [-0.2, 0) is 23.9 Å². The van der Waals surface area contributed by atoms with E-state index in [2.05, 4.69) is 28.5 Å². The second kappa shape index (κ2) is 14.1. The van der Waals surface area contributed by atoms with Crippen molar-refractivity contribution in [2.75, 3.05) is 20.2 Å². The molecule has 0 saturated carbocycles. The first-order valence-corrected chi connectivity index (χ1v) is 11.9. The molecule has 1 aromatic rings. The molecule has 3 unspecified atom stereocenters. The Labute approximate surface area is 213 Å². The van der Waals surface area contributed by atoms with Crippen molar-refractivity contribution in [3.8, 4) is 0 Å². The third kappa shape index (κ3) is 9.20. The number of amides is 3. The summed E-state index contributed by atoms with van der Waals surface area (Å²) < 4.78 is 9.99. The number of ether oxygens (including phenoxy) is 2. The van der Waals surface area contributed by atoms with Gasteiger partial charge in [0, 0.05) is 6.54 Å². The number of methoxy groups -OCH3 is 1. The normalized spacial score (nSPS) is 13.4. The van der Waals surface area contributed by atoms with Crippen LogP contribution >= 0.6 is 0 Å². The number of hydrogen-bond donors (Lipinski definition) is 2. The topological polar surface area (TPSA) is 114 Å². The lowest BCUT2D eigenvalue weighted by atomic mass is 9.95. The highest BCUT2D eigenvalue weighted by Gasteiger charge is 2.37. The summed E-state index contributed by atoms with van der Waals surface area (Å²) in [5.74, 6) is -1.97. The van der Waals surface area contributed by atoms with Crippen molar-refractivity contribution >= 4 is 30.0 Å². The van der Waals surface area contributed by atoms with Crippen LogP contribution in [0, 0.1) is 5.92 Å². The van der Waals surface area contributed by atoms with Gasteiger partial charge in [-0.05, 0) is 43.9 Å². The van der Waals surface area contributed by atoms with Crippen LogP contribution in [0.2, 0.25) is 0 Å². The van der Waals surface area contributed by atoms with Gasteiger partial charge in [-0.15, -0.1) is 6.58 Å². The van der Waals surface area contributed by atoms with E-state index in [0.29, 0.717) is 12.0 Å². The van der Waals surface area contributed by atoms with Crippen LogP contribution in [0.15, 0.2) is 43.5 Å². The smallest absolute Gasteiger partial charge is 0.408 e. The zero-order valence-electron chi connectivity index (χ0n) is 22.1. The van der Waals surface area contributed by atoms with Gasteiger partial charge in [0.2, 0.25) is 11.8 Å². The van der Waals surface area contributed by atoms with Crippen molar-refractivity contribution in [1.82, 2.24) is 15.5 Å². The van der Waals surface area contributed by atoms with Gasteiger partial charge in [0.15, 0.2) is 0 Å². The summed E-state index contributed by atoms with van der Waals surface area (Å²) in [4.78, 5) is 52.9. The molecular formula is C27H39N3O6. The first-order valence-electron chi connectivity index (χ1n) is 11.9. The molecule has 0 fully saturated rings. The molecule has 0 aromatic heterocycles. The fraction of sp³-hybridized carbons (Fsp3) is 0.481. The molecule has 0 saturated heterocycles. The van der Waals surface area contributed by atoms with E-state index in [4.69, 9.17) is 4.74 Å². The molecule has 0 aliphatic rings. The summed E-state index contributed by atoms with van der Waals surface area (Å²) in [5, 5.41) is 5.22. The number of hydrogen-bond acceptors (Lipinski definition) is 6. The Hall–Kier alpha value is -3.62. The number of benzene rings is 1. The molecule has 0 bridgehead atoms. The van der Waals surface area contributed by atoms with Crippen LogP contribution in [0.1, 0.15) is 58.2 Å². The molecule has 0 aliphatic carbocycles. The minimum Gasteiger partial charge on any atom is -0.468 e. The van der Waals surface area contributed by atoms with E-state index < -0.39 is 41.6 Å². The van der Waals surface area contributed by atoms with Crippen molar-refractivity contribution in [2.24, 2.45) is 5.92 Å². The number of esters is 1. The predicted octanol–water partition coefficient (Wildman–Crippen LogP) is 3.61. The highest BCUT2D eigenvalue weighted by Crippen LogP contribution is 2.25. The van der Waals surface area contributed by atoms with Gasteiger partial charge in [0.25, 0.3) is 0 Å². The summed E-state index contributed by atoms with van der Waals surface area (Å²) in [6, 6.07) is 4.91. The molecule has 1 aromatic carbocycles. The fourth-order valence-electron chi connectivity index (χ4n) is 3.42. The molecule has 1 rings (SSSR count). The van der Waals surface area contributed by atoms with Crippen LogP contribution in [0.25, 0.3) is 6.08 Å². The molecule has 2 N–H and O–H groups in total. The third-order valence-corrected chi connectivity index (χ3v) is 5.42. The lowest BCUT2D eigenvalue weighted by Crippen LogP contribution is -2.55. The zero-order valence-corrected chi connectivity index (χ0v) is 22.1. The Morgan fingerprint density at radius 3 is 2.36 bits per heavy atom.